The molecule has 7 nitrogen and oxygen atoms in total. The minimum Gasteiger partial charge on any atom is -0.453 e. The van der Waals surface area contributed by atoms with Gasteiger partial charge in [0.1, 0.15) is 18.4 Å². The zero-order valence-corrected chi connectivity index (χ0v) is 14.8. The van der Waals surface area contributed by atoms with Gasteiger partial charge in [0.05, 0.1) is 5.70 Å². The Morgan fingerprint density at radius 1 is 1.32 bits per heavy atom. The molecule has 0 fully saturated rings. The van der Waals surface area contributed by atoms with Crippen LogP contribution < -0.4 is 5.73 Å². The van der Waals surface area contributed by atoms with E-state index in [2.05, 4.69) is 10.1 Å². The fourth-order valence-corrected chi connectivity index (χ4v) is 3.02. The minimum absolute atomic E-state index is 0.186. The van der Waals surface area contributed by atoms with Gasteiger partial charge < -0.3 is 15.4 Å². The predicted molar refractivity (Wildman–Crippen MR) is 94.4 cm³/mol. The summed E-state index contributed by atoms with van der Waals surface area (Å²) in [6.45, 7) is 0.532. The topological polar surface area (TPSA) is 86.3 Å². The van der Waals surface area contributed by atoms with E-state index in [1.807, 2.05) is 17.0 Å². The first-order chi connectivity index (χ1) is 12.1. The second kappa shape index (κ2) is 7.76. The number of carbonyl (C=O) groups excluding carboxylic acids is 1. The molecule has 132 valence electrons. The molecule has 1 aliphatic heterocycles. The van der Waals surface area contributed by atoms with Crippen molar-refractivity contribution in [1.82, 2.24) is 19.7 Å². The van der Waals surface area contributed by atoms with Gasteiger partial charge in [-0.15, -0.1) is 11.6 Å². The van der Waals surface area contributed by atoms with Gasteiger partial charge in [-0.1, -0.05) is 23.7 Å². The highest BCUT2D eigenvalue weighted by Gasteiger charge is 2.35. The molecule has 0 bridgehead atoms. The lowest BCUT2D eigenvalue weighted by atomic mass is 10.1. The number of carbonyl (C=O) groups is 1. The van der Waals surface area contributed by atoms with Gasteiger partial charge in [0.15, 0.2) is 0 Å². The van der Waals surface area contributed by atoms with Crippen LogP contribution in [0.4, 0.5) is 0 Å². The molecule has 25 heavy (non-hydrogen) atoms. The van der Waals surface area contributed by atoms with E-state index in [1.165, 1.54) is 6.33 Å². The number of nitrogens with zero attached hydrogens (tertiary/aromatic N) is 4. The maximum absolute atomic E-state index is 11.2. The van der Waals surface area contributed by atoms with Crippen LogP contribution >= 0.6 is 23.2 Å². The second-order valence-corrected chi connectivity index (χ2v) is 6.26. The zero-order chi connectivity index (χ0) is 17.8. The van der Waals surface area contributed by atoms with Crippen LogP contribution in [0.3, 0.4) is 0 Å². The van der Waals surface area contributed by atoms with Crippen LogP contribution in [0.1, 0.15) is 24.8 Å². The van der Waals surface area contributed by atoms with Crippen molar-refractivity contribution < 1.29 is 9.53 Å². The number of rotatable bonds is 7. The number of amides is 1. The summed E-state index contributed by atoms with van der Waals surface area (Å²) in [5, 5.41) is 4.80. The molecule has 2 heterocycles. The SMILES string of the molecule is NC(=O)CCC1=C(c2ccc(Cl)cc2)N(CCCl)C(n2cncn2)O1. The fourth-order valence-electron chi connectivity index (χ4n) is 2.71. The molecule has 2 aromatic rings. The van der Waals surface area contributed by atoms with Crippen LogP contribution in [-0.4, -0.2) is 38.0 Å². The Hall–Kier alpha value is -2.25. The maximum atomic E-state index is 11.2. The van der Waals surface area contributed by atoms with Gasteiger partial charge in [0.2, 0.25) is 5.91 Å². The standard InChI is InChI=1S/C16H17Cl2N5O2/c17-7-8-22-15(11-1-3-12(18)4-2-11)13(5-6-14(19)24)25-16(22)23-10-20-9-21-23/h1-4,9-10,16H,5-8H2,(H2,19,24). The van der Waals surface area contributed by atoms with Crippen LogP contribution in [0, 0.1) is 0 Å². The van der Waals surface area contributed by atoms with Crippen LogP contribution in [0.5, 0.6) is 0 Å². The molecule has 3 rings (SSSR count). The number of primary amides is 1. The van der Waals surface area contributed by atoms with E-state index in [0.29, 0.717) is 29.6 Å². The molecule has 1 aromatic carbocycles. The third kappa shape index (κ3) is 3.88. The van der Waals surface area contributed by atoms with E-state index in [-0.39, 0.29) is 12.3 Å². The average molecular weight is 382 g/mol. The molecule has 0 radical (unpaired) electrons. The maximum Gasteiger partial charge on any atom is 0.273 e. The molecule has 9 heteroatoms. The Bertz CT molecular complexity index is 761. The zero-order valence-electron chi connectivity index (χ0n) is 13.3. The number of allylic oxidation sites excluding steroid dienone is 1. The largest absolute Gasteiger partial charge is 0.453 e. The smallest absolute Gasteiger partial charge is 0.273 e. The molecule has 0 saturated heterocycles. The number of halogens is 2. The van der Waals surface area contributed by atoms with Crippen molar-refractivity contribution in [2.24, 2.45) is 5.73 Å². The second-order valence-electron chi connectivity index (χ2n) is 5.45. The van der Waals surface area contributed by atoms with E-state index in [9.17, 15) is 4.79 Å². The van der Waals surface area contributed by atoms with Crippen molar-refractivity contribution >= 4 is 34.8 Å². The predicted octanol–water partition coefficient (Wildman–Crippen LogP) is 2.59. The minimum atomic E-state index is -0.519. The molecular weight excluding hydrogens is 365 g/mol. The summed E-state index contributed by atoms with van der Waals surface area (Å²) in [7, 11) is 0. The Kier molecular flexibility index (Phi) is 5.45. The summed E-state index contributed by atoms with van der Waals surface area (Å²) in [4.78, 5) is 17.2. The summed E-state index contributed by atoms with van der Waals surface area (Å²) in [5.74, 6) is 0.667. The number of nitrogens with two attached hydrogens (primary N) is 1. The molecule has 0 spiro atoms. The van der Waals surface area contributed by atoms with Crippen molar-refractivity contribution in [3.63, 3.8) is 0 Å². The third-order valence-corrected chi connectivity index (χ3v) is 4.19. The van der Waals surface area contributed by atoms with Crippen LogP contribution in [0.25, 0.3) is 5.70 Å². The fraction of sp³-hybridized carbons (Fsp3) is 0.312. The highest BCUT2D eigenvalue weighted by atomic mass is 35.5. The molecule has 1 atom stereocenters. The number of alkyl halides is 1. The third-order valence-electron chi connectivity index (χ3n) is 3.77. The molecule has 1 aromatic heterocycles. The van der Waals surface area contributed by atoms with Gasteiger partial charge in [-0.25, -0.2) is 4.98 Å². The monoisotopic (exact) mass is 381 g/mol. The van der Waals surface area contributed by atoms with E-state index >= 15 is 0 Å². The van der Waals surface area contributed by atoms with Crippen molar-refractivity contribution in [3.05, 3.63) is 53.3 Å². The molecular formula is C16H17Cl2N5O2. The van der Waals surface area contributed by atoms with Crippen LogP contribution in [-0.2, 0) is 9.53 Å². The molecule has 1 aliphatic rings. The van der Waals surface area contributed by atoms with Crippen molar-refractivity contribution in [1.29, 1.82) is 0 Å². The van der Waals surface area contributed by atoms with Crippen LogP contribution in [0.2, 0.25) is 5.02 Å². The van der Waals surface area contributed by atoms with Crippen molar-refractivity contribution in [3.8, 4) is 0 Å². The lowest BCUT2D eigenvalue weighted by molar-refractivity contribution is -0.118. The Labute approximate surface area is 155 Å². The first-order valence-corrected chi connectivity index (χ1v) is 8.62. The molecule has 0 aliphatic carbocycles. The number of hydrogen-bond acceptors (Lipinski definition) is 5. The van der Waals surface area contributed by atoms with E-state index in [4.69, 9.17) is 33.7 Å². The summed E-state index contributed by atoms with van der Waals surface area (Å²) < 4.78 is 7.68. The van der Waals surface area contributed by atoms with Gasteiger partial charge in [-0.3, -0.25) is 4.79 Å². The van der Waals surface area contributed by atoms with Crippen molar-refractivity contribution in [2.75, 3.05) is 12.4 Å². The van der Waals surface area contributed by atoms with Crippen LogP contribution in [0.15, 0.2) is 42.7 Å². The van der Waals surface area contributed by atoms with E-state index in [0.717, 1.165) is 11.3 Å². The molecule has 1 amide bonds. The molecule has 0 saturated carbocycles. The van der Waals surface area contributed by atoms with Gasteiger partial charge >= 0.3 is 0 Å². The lowest BCUT2D eigenvalue weighted by Crippen LogP contribution is -2.30. The quantitative estimate of drug-likeness (QED) is 0.744. The highest BCUT2D eigenvalue weighted by molar-refractivity contribution is 6.30. The van der Waals surface area contributed by atoms with Gasteiger partial charge in [-0.05, 0) is 12.1 Å². The normalized spacial score (nSPS) is 17.0. The Morgan fingerprint density at radius 2 is 2.08 bits per heavy atom. The lowest BCUT2D eigenvalue weighted by Gasteiger charge is -2.26. The van der Waals surface area contributed by atoms with Crippen molar-refractivity contribution in [2.45, 2.75) is 19.2 Å². The number of hydrogen-bond donors (Lipinski definition) is 1. The number of ether oxygens (including phenoxy) is 1. The summed E-state index contributed by atoms with van der Waals surface area (Å²) in [6, 6.07) is 7.40. The molecule has 2 N–H and O–H groups in total. The van der Waals surface area contributed by atoms with Gasteiger partial charge in [0.25, 0.3) is 6.35 Å². The van der Waals surface area contributed by atoms with Gasteiger partial charge in [0, 0.05) is 35.9 Å². The van der Waals surface area contributed by atoms with E-state index < -0.39 is 6.35 Å². The number of aromatic nitrogens is 3. The summed E-state index contributed by atoms with van der Waals surface area (Å²) in [5.41, 5.74) is 7.06. The number of benzene rings is 1. The summed E-state index contributed by atoms with van der Waals surface area (Å²) >= 11 is 12.0. The molecule has 1 unspecified atom stereocenters. The Morgan fingerprint density at radius 3 is 2.68 bits per heavy atom. The van der Waals surface area contributed by atoms with Gasteiger partial charge in [-0.2, -0.15) is 9.78 Å². The summed E-state index contributed by atoms with van der Waals surface area (Å²) in [6.07, 6.45) is 3.06. The van der Waals surface area contributed by atoms with E-state index in [1.54, 1.807) is 23.1 Å². The highest BCUT2D eigenvalue weighted by Crippen LogP contribution is 2.40. The first kappa shape index (κ1) is 17.6. The Balaban J connectivity index is 2.01. The first-order valence-electron chi connectivity index (χ1n) is 7.71. The average Bonchev–Trinajstić information content (AvgIpc) is 3.22.